The van der Waals surface area contributed by atoms with Crippen LogP contribution in [0, 0.1) is 0 Å². The Hall–Kier alpha value is -0.380. The Morgan fingerprint density at radius 1 is 1.17 bits per heavy atom. The van der Waals surface area contributed by atoms with E-state index in [1.165, 1.54) is 9.21 Å². The van der Waals surface area contributed by atoms with Crippen molar-refractivity contribution in [2.75, 3.05) is 52.1 Å². The van der Waals surface area contributed by atoms with Crippen molar-refractivity contribution in [3.63, 3.8) is 0 Å². The first-order valence-corrected chi connectivity index (χ1v) is 7.27. The van der Waals surface area contributed by atoms with Crippen molar-refractivity contribution in [2.45, 2.75) is 6.18 Å². The summed E-state index contributed by atoms with van der Waals surface area (Å²) in [5.41, 5.74) is 0. The van der Waals surface area contributed by atoms with Crippen LogP contribution in [0.4, 0.5) is 13.2 Å². The van der Waals surface area contributed by atoms with Crippen molar-refractivity contribution in [1.82, 2.24) is 14.5 Å². The van der Waals surface area contributed by atoms with Crippen LogP contribution in [0.2, 0.25) is 0 Å². The van der Waals surface area contributed by atoms with Gasteiger partial charge >= 0.3 is 6.18 Å². The molecule has 18 heavy (non-hydrogen) atoms. The highest BCUT2D eigenvalue weighted by Gasteiger charge is 2.34. The maximum absolute atomic E-state index is 12.2. The Bertz CT molecular complexity index is 351. The van der Waals surface area contributed by atoms with E-state index >= 15 is 0 Å². The summed E-state index contributed by atoms with van der Waals surface area (Å²) in [5, 5.41) is 2.74. The van der Waals surface area contributed by atoms with Gasteiger partial charge in [-0.15, -0.1) is 0 Å². The van der Waals surface area contributed by atoms with E-state index in [-0.39, 0.29) is 31.9 Å². The van der Waals surface area contributed by atoms with Gasteiger partial charge in [0.15, 0.2) is 0 Å². The van der Waals surface area contributed by atoms with E-state index in [0.717, 1.165) is 0 Å². The lowest BCUT2D eigenvalue weighted by atomic mass is 10.3. The number of rotatable bonds is 5. The molecule has 1 N–H and O–H groups in total. The van der Waals surface area contributed by atoms with Gasteiger partial charge in [-0.1, -0.05) is 0 Å². The van der Waals surface area contributed by atoms with E-state index in [2.05, 4.69) is 5.32 Å². The largest absolute Gasteiger partial charge is 0.401 e. The third-order valence-electron chi connectivity index (χ3n) is 2.74. The van der Waals surface area contributed by atoms with Crippen LogP contribution in [0.15, 0.2) is 0 Å². The van der Waals surface area contributed by atoms with Crippen LogP contribution in [0.5, 0.6) is 0 Å². The van der Waals surface area contributed by atoms with E-state index in [1.54, 1.807) is 7.05 Å². The van der Waals surface area contributed by atoms with Crippen LogP contribution >= 0.6 is 0 Å². The molecule has 1 fully saturated rings. The molecule has 0 radical (unpaired) electrons. The van der Waals surface area contributed by atoms with E-state index in [1.807, 2.05) is 0 Å². The molecule has 0 atom stereocenters. The number of nitrogens with zero attached hydrogens (tertiary/aromatic N) is 2. The molecular formula is C9H18F3N3O2S. The topological polar surface area (TPSA) is 52.7 Å². The maximum atomic E-state index is 12.2. The standard InChI is InChI=1S/C9H18F3N3O2S/c1-13-2-7-18(16,17)15-5-3-14(4-6-15)8-9(10,11)12/h13H,2-8H2,1H3. The molecule has 0 spiro atoms. The highest BCUT2D eigenvalue weighted by molar-refractivity contribution is 7.89. The first kappa shape index (κ1) is 15.7. The van der Waals surface area contributed by atoms with Crippen LogP contribution in [-0.4, -0.2) is 75.9 Å². The fourth-order valence-electron chi connectivity index (χ4n) is 1.78. The molecule has 108 valence electrons. The number of sulfonamides is 1. The minimum atomic E-state index is -4.23. The molecule has 0 saturated carbocycles. The number of hydrogen-bond donors (Lipinski definition) is 1. The van der Waals surface area contributed by atoms with Crippen molar-refractivity contribution in [3.05, 3.63) is 0 Å². The smallest absolute Gasteiger partial charge is 0.319 e. The Morgan fingerprint density at radius 2 is 1.72 bits per heavy atom. The van der Waals surface area contributed by atoms with Gasteiger partial charge in [-0.05, 0) is 7.05 Å². The SMILES string of the molecule is CNCCS(=O)(=O)N1CCN(CC(F)(F)F)CC1. The maximum Gasteiger partial charge on any atom is 0.401 e. The summed E-state index contributed by atoms with van der Waals surface area (Å²) in [5.74, 6) is -0.0250. The predicted molar refractivity (Wildman–Crippen MR) is 61.8 cm³/mol. The molecule has 5 nitrogen and oxygen atoms in total. The van der Waals surface area contributed by atoms with Crippen LogP contribution in [0.3, 0.4) is 0 Å². The van der Waals surface area contributed by atoms with Crippen molar-refractivity contribution < 1.29 is 21.6 Å². The summed E-state index contributed by atoms with van der Waals surface area (Å²) >= 11 is 0. The molecule has 0 aliphatic carbocycles. The summed E-state index contributed by atoms with van der Waals surface area (Å²) in [6.45, 7) is -0.136. The quantitative estimate of drug-likeness (QED) is 0.756. The van der Waals surface area contributed by atoms with Crippen molar-refractivity contribution in [2.24, 2.45) is 0 Å². The minimum Gasteiger partial charge on any atom is -0.319 e. The van der Waals surface area contributed by atoms with E-state index in [0.29, 0.717) is 6.54 Å². The normalized spacial score (nSPS) is 20.2. The molecule has 0 unspecified atom stereocenters. The molecule has 1 aliphatic heterocycles. The zero-order chi connectivity index (χ0) is 13.8. The summed E-state index contributed by atoms with van der Waals surface area (Å²) in [6, 6.07) is 0. The van der Waals surface area contributed by atoms with Gasteiger partial charge in [0.1, 0.15) is 0 Å². The molecule has 0 amide bonds. The fourth-order valence-corrected chi connectivity index (χ4v) is 3.22. The lowest BCUT2D eigenvalue weighted by Gasteiger charge is -2.34. The molecule has 1 heterocycles. The summed E-state index contributed by atoms with van der Waals surface area (Å²) in [4.78, 5) is 1.23. The summed E-state index contributed by atoms with van der Waals surface area (Å²) in [6.07, 6.45) is -4.23. The second-order valence-electron chi connectivity index (χ2n) is 4.21. The average Bonchev–Trinajstić information content (AvgIpc) is 2.25. The number of hydrogen-bond acceptors (Lipinski definition) is 4. The summed E-state index contributed by atoms with van der Waals surface area (Å²) < 4.78 is 61.3. The monoisotopic (exact) mass is 289 g/mol. The van der Waals surface area contributed by atoms with Crippen LogP contribution in [0.25, 0.3) is 0 Å². The fraction of sp³-hybridized carbons (Fsp3) is 1.00. The average molecular weight is 289 g/mol. The van der Waals surface area contributed by atoms with Gasteiger partial charge in [0.2, 0.25) is 10.0 Å². The Morgan fingerprint density at radius 3 is 2.17 bits per heavy atom. The van der Waals surface area contributed by atoms with Gasteiger partial charge < -0.3 is 5.32 Å². The molecule has 1 rings (SSSR count). The van der Waals surface area contributed by atoms with Gasteiger partial charge in [0.25, 0.3) is 0 Å². The number of piperazine rings is 1. The van der Waals surface area contributed by atoms with Crippen molar-refractivity contribution in [1.29, 1.82) is 0 Å². The number of halogens is 3. The lowest BCUT2D eigenvalue weighted by molar-refractivity contribution is -0.148. The zero-order valence-electron chi connectivity index (χ0n) is 10.2. The van der Waals surface area contributed by atoms with Gasteiger partial charge in [0, 0.05) is 32.7 Å². The minimum absolute atomic E-state index is 0.0250. The highest BCUT2D eigenvalue weighted by atomic mass is 32.2. The Kier molecular flexibility index (Phi) is 5.38. The third kappa shape index (κ3) is 5.09. The van der Waals surface area contributed by atoms with Crippen LogP contribution < -0.4 is 5.32 Å². The van der Waals surface area contributed by atoms with E-state index in [9.17, 15) is 21.6 Å². The van der Waals surface area contributed by atoms with Gasteiger partial charge in [0.05, 0.1) is 12.3 Å². The van der Waals surface area contributed by atoms with Crippen LogP contribution in [0.1, 0.15) is 0 Å². The molecule has 0 aromatic heterocycles. The molecule has 0 aromatic rings. The molecular weight excluding hydrogens is 271 g/mol. The third-order valence-corrected chi connectivity index (χ3v) is 4.61. The molecule has 0 bridgehead atoms. The van der Waals surface area contributed by atoms with Gasteiger partial charge in [-0.3, -0.25) is 4.90 Å². The second-order valence-corrected chi connectivity index (χ2v) is 6.30. The van der Waals surface area contributed by atoms with Gasteiger partial charge in [-0.2, -0.15) is 17.5 Å². The van der Waals surface area contributed by atoms with Gasteiger partial charge in [-0.25, -0.2) is 8.42 Å². The molecule has 1 saturated heterocycles. The Balaban J connectivity index is 2.44. The van der Waals surface area contributed by atoms with E-state index < -0.39 is 22.7 Å². The zero-order valence-corrected chi connectivity index (χ0v) is 11.0. The lowest BCUT2D eigenvalue weighted by Crippen LogP contribution is -2.51. The number of alkyl halides is 3. The molecule has 9 heteroatoms. The first-order valence-electron chi connectivity index (χ1n) is 5.66. The molecule has 0 aromatic carbocycles. The first-order chi connectivity index (χ1) is 8.24. The second kappa shape index (κ2) is 6.18. The molecule has 1 aliphatic rings. The van der Waals surface area contributed by atoms with E-state index in [4.69, 9.17) is 0 Å². The summed E-state index contributed by atoms with van der Waals surface area (Å²) in [7, 11) is -1.70. The van der Waals surface area contributed by atoms with Crippen molar-refractivity contribution in [3.8, 4) is 0 Å². The van der Waals surface area contributed by atoms with Crippen molar-refractivity contribution >= 4 is 10.0 Å². The number of nitrogens with one attached hydrogen (secondary N) is 1. The Labute approximate surface area is 105 Å². The highest BCUT2D eigenvalue weighted by Crippen LogP contribution is 2.18. The predicted octanol–water partition coefficient (Wildman–Crippen LogP) is -0.284. The van der Waals surface area contributed by atoms with Crippen LogP contribution in [-0.2, 0) is 10.0 Å².